The van der Waals surface area contributed by atoms with Crippen LogP contribution in [0.4, 0.5) is 0 Å². The molecule has 7 heteroatoms. The van der Waals surface area contributed by atoms with Gasteiger partial charge in [-0.3, -0.25) is 9.36 Å². The number of fused-ring (bicyclic) bond motifs is 2. The van der Waals surface area contributed by atoms with E-state index in [9.17, 15) is 10.1 Å². The predicted octanol–water partition coefficient (Wildman–Crippen LogP) is 1.57. The van der Waals surface area contributed by atoms with Crippen molar-refractivity contribution >= 4 is 11.8 Å². The number of hydrogen-bond donors (Lipinski definition) is 1. The average molecular weight is 324 g/mol. The zero-order valence-electron chi connectivity index (χ0n) is 12.0. The van der Waals surface area contributed by atoms with Crippen molar-refractivity contribution in [2.24, 2.45) is 5.73 Å². The average Bonchev–Trinajstić information content (AvgIpc) is 3.03. The number of nitrogens with two attached hydrogens (primary N) is 1. The van der Waals surface area contributed by atoms with Crippen molar-refractivity contribution in [3.63, 3.8) is 0 Å². The van der Waals surface area contributed by atoms with Crippen molar-refractivity contribution < 1.29 is 4.74 Å². The van der Waals surface area contributed by atoms with Crippen molar-refractivity contribution in [3.8, 4) is 11.9 Å². The van der Waals surface area contributed by atoms with Crippen LogP contribution in [0.2, 0.25) is 0 Å². The van der Waals surface area contributed by atoms with Crippen LogP contribution in [-0.2, 0) is 6.54 Å². The number of aromatic nitrogens is 2. The molecular formula is C16H12N4O2S. The third-order valence-electron chi connectivity index (χ3n) is 3.98. The zero-order chi connectivity index (χ0) is 16.0. The topological polar surface area (TPSA) is 93.9 Å². The quantitative estimate of drug-likeness (QED) is 0.800. The van der Waals surface area contributed by atoms with Gasteiger partial charge in [-0.1, -0.05) is 42.1 Å². The monoisotopic (exact) mass is 324 g/mol. The van der Waals surface area contributed by atoms with Crippen LogP contribution in [0, 0.1) is 11.3 Å². The lowest BCUT2D eigenvalue weighted by atomic mass is 9.85. The molecule has 0 fully saturated rings. The number of thioether (sulfide) groups is 1. The fourth-order valence-electron chi connectivity index (χ4n) is 2.94. The number of ether oxygens (including phenoxy) is 1. The second kappa shape index (κ2) is 5.18. The summed E-state index contributed by atoms with van der Waals surface area (Å²) >= 11 is 1.51. The maximum atomic E-state index is 12.9. The molecule has 4 rings (SSSR count). The van der Waals surface area contributed by atoms with Gasteiger partial charge in [0.15, 0.2) is 5.16 Å². The molecule has 1 atom stereocenters. The molecule has 23 heavy (non-hydrogen) atoms. The first-order valence-electron chi connectivity index (χ1n) is 7.10. The first-order chi connectivity index (χ1) is 11.2. The number of rotatable bonds is 1. The highest BCUT2D eigenvalue weighted by atomic mass is 32.2. The molecular weight excluding hydrogens is 312 g/mol. The molecule has 1 aromatic carbocycles. The van der Waals surface area contributed by atoms with E-state index in [0.717, 1.165) is 11.3 Å². The summed E-state index contributed by atoms with van der Waals surface area (Å²) in [6.07, 6.45) is 0. The minimum Gasteiger partial charge on any atom is -0.422 e. The normalized spacial score (nSPS) is 18.8. The molecule has 1 unspecified atom stereocenters. The summed E-state index contributed by atoms with van der Waals surface area (Å²) in [5.41, 5.74) is 7.19. The molecule has 0 amide bonds. The van der Waals surface area contributed by atoms with Gasteiger partial charge in [0.05, 0.1) is 11.5 Å². The van der Waals surface area contributed by atoms with Crippen molar-refractivity contribution in [1.82, 2.24) is 9.55 Å². The van der Waals surface area contributed by atoms with Crippen LogP contribution in [0.15, 0.2) is 51.7 Å². The lowest BCUT2D eigenvalue weighted by Gasteiger charge is -2.25. The number of allylic oxidation sites excluding steroid dienone is 1. The highest BCUT2D eigenvalue weighted by Crippen LogP contribution is 2.40. The van der Waals surface area contributed by atoms with Gasteiger partial charge in [-0.15, -0.1) is 0 Å². The van der Waals surface area contributed by atoms with Crippen LogP contribution < -0.4 is 16.0 Å². The van der Waals surface area contributed by atoms with Crippen LogP contribution in [0.25, 0.3) is 0 Å². The summed E-state index contributed by atoms with van der Waals surface area (Å²) in [6, 6.07) is 11.4. The lowest BCUT2D eigenvalue weighted by Crippen LogP contribution is -2.32. The molecule has 0 saturated heterocycles. The molecule has 2 aliphatic heterocycles. The molecule has 1 aromatic heterocycles. The Kier molecular flexibility index (Phi) is 3.13. The largest absolute Gasteiger partial charge is 0.422 e. The molecule has 2 aliphatic rings. The predicted molar refractivity (Wildman–Crippen MR) is 85.0 cm³/mol. The Morgan fingerprint density at radius 3 is 2.91 bits per heavy atom. The van der Waals surface area contributed by atoms with Crippen molar-refractivity contribution in [2.45, 2.75) is 17.6 Å². The smallest absolute Gasteiger partial charge is 0.262 e. The van der Waals surface area contributed by atoms with Crippen LogP contribution in [0.3, 0.4) is 0 Å². The lowest BCUT2D eigenvalue weighted by molar-refractivity contribution is 0.365. The first kappa shape index (κ1) is 13.9. The minimum atomic E-state index is -0.548. The van der Waals surface area contributed by atoms with E-state index < -0.39 is 5.92 Å². The van der Waals surface area contributed by atoms with Gasteiger partial charge in [-0.2, -0.15) is 10.2 Å². The summed E-state index contributed by atoms with van der Waals surface area (Å²) in [4.78, 5) is 17.3. The summed E-state index contributed by atoms with van der Waals surface area (Å²) in [6.45, 7) is 0.613. The van der Waals surface area contributed by atoms with Gasteiger partial charge >= 0.3 is 0 Å². The highest BCUT2D eigenvalue weighted by Gasteiger charge is 2.36. The van der Waals surface area contributed by atoms with E-state index in [0.29, 0.717) is 17.3 Å². The SMILES string of the molecule is N#CC1=C(N)Oc2nc3n(c(=O)c2C1c1ccccc1)CCS3. The Bertz CT molecular complexity index is 928. The number of nitriles is 1. The zero-order valence-corrected chi connectivity index (χ0v) is 12.8. The molecule has 2 N–H and O–H groups in total. The first-order valence-corrected chi connectivity index (χ1v) is 8.09. The summed E-state index contributed by atoms with van der Waals surface area (Å²) in [7, 11) is 0. The second-order valence-corrected chi connectivity index (χ2v) is 6.32. The Morgan fingerprint density at radius 2 is 2.17 bits per heavy atom. The number of hydrogen-bond acceptors (Lipinski definition) is 6. The van der Waals surface area contributed by atoms with Gasteiger partial charge in [-0.05, 0) is 5.56 Å². The molecule has 0 radical (unpaired) electrons. The fourth-order valence-corrected chi connectivity index (χ4v) is 3.87. The van der Waals surface area contributed by atoms with Gasteiger partial charge in [0.1, 0.15) is 11.6 Å². The maximum Gasteiger partial charge on any atom is 0.262 e. The van der Waals surface area contributed by atoms with Crippen molar-refractivity contribution in [2.75, 3.05) is 5.75 Å². The van der Waals surface area contributed by atoms with Gasteiger partial charge < -0.3 is 10.5 Å². The van der Waals surface area contributed by atoms with E-state index in [1.165, 1.54) is 11.8 Å². The molecule has 114 valence electrons. The van der Waals surface area contributed by atoms with Crippen LogP contribution >= 0.6 is 11.8 Å². The third kappa shape index (κ3) is 2.03. The van der Waals surface area contributed by atoms with E-state index in [-0.39, 0.29) is 22.9 Å². The van der Waals surface area contributed by atoms with Gasteiger partial charge in [0.25, 0.3) is 5.56 Å². The van der Waals surface area contributed by atoms with Gasteiger partial charge in [0, 0.05) is 12.3 Å². The van der Waals surface area contributed by atoms with E-state index in [2.05, 4.69) is 11.1 Å². The summed E-state index contributed by atoms with van der Waals surface area (Å²) in [5, 5.41) is 10.1. The molecule has 0 bridgehead atoms. The Balaban J connectivity index is 2.02. The van der Waals surface area contributed by atoms with Gasteiger partial charge in [0.2, 0.25) is 11.8 Å². The standard InChI is InChI=1S/C16H12N4O2S/c17-8-10-11(9-4-2-1-3-5-9)12-14(22-13(10)18)19-16-20(15(12)21)6-7-23-16/h1-5,11H,6-7,18H2. The number of benzene rings is 1. The van der Waals surface area contributed by atoms with E-state index >= 15 is 0 Å². The second-order valence-electron chi connectivity index (χ2n) is 5.25. The van der Waals surface area contributed by atoms with Crippen molar-refractivity contribution in [1.29, 1.82) is 5.26 Å². The molecule has 0 saturated carbocycles. The van der Waals surface area contributed by atoms with Crippen LogP contribution in [0.5, 0.6) is 5.88 Å². The van der Waals surface area contributed by atoms with E-state index in [4.69, 9.17) is 10.5 Å². The van der Waals surface area contributed by atoms with Crippen LogP contribution in [0.1, 0.15) is 17.0 Å². The number of nitrogens with zero attached hydrogens (tertiary/aromatic N) is 3. The summed E-state index contributed by atoms with van der Waals surface area (Å²) in [5.74, 6) is 0.470. The maximum absolute atomic E-state index is 12.9. The van der Waals surface area contributed by atoms with E-state index in [1.54, 1.807) is 4.57 Å². The highest BCUT2D eigenvalue weighted by molar-refractivity contribution is 7.99. The molecule has 6 nitrogen and oxygen atoms in total. The third-order valence-corrected chi connectivity index (χ3v) is 4.94. The van der Waals surface area contributed by atoms with Gasteiger partial charge in [-0.25, -0.2) is 0 Å². The summed E-state index contributed by atoms with van der Waals surface area (Å²) < 4.78 is 7.13. The fraction of sp³-hybridized carbons (Fsp3) is 0.188. The Morgan fingerprint density at radius 1 is 1.39 bits per heavy atom. The molecule has 0 spiro atoms. The Hall–Kier alpha value is -2.72. The van der Waals surface area contributed by atoms with E-state index in [1.807, 2.05) is 30.3 Å². The Labute approximate surface area is 136 Å². The molecule has 3 heterocycles. The molecule has 0 aliphatic carbocycles. The minimum absolute atomic E-state index is 0.00806. The molecule has 2 aromatic rings. The van der Waals surface area contributed by atoms with Crippen LogP contribution in [-0.4, -0.2) is 15.3 Å². The van der Waals surface area contributed by atoms with Crippen molar-refractivity contribution in [3.05, 3.63) is 63.3 Å².